The molecule has 3 rings (SSSR count). The molecule has 9 heteroatoms. The number of benzene rings is 2. The van der Waals surface area contributed by atoms with Crippen molar-refractivity contribution in [2.24, 2.45) is 0 Å². The molecule has 0 spiro atoms. The Morgan fingerprint density at radius 1 is 1.03 bits per heavy atom. The van der Waals surface area contributed by atoms with Gasteiger partial charge in [0.1, 0.15) is 17.7 Å². The van der Waals surface area contributed by atoms with Crippen LogP contribution >= 0.6 is 0 Å². The van der Waals surface area contributed by atoms with E-state index < -0.39 is 41.5 Å². The average Bonchev–Trinajstić information content (AvgIpc) is 3.11. The minimum absolute atomic E-state index is 0.169. The molecule has 2 unspecified atom stereocenters. The number of rotatable bonds is 5. The van der Waals surface area contributed by atoms with E-state index >= 15 is 0 Å². The minimum Gasteiger partial charge on any atom is -0.444 e. The van der Waals surface area contributed by atoms with Crippen molar-refractivity contribution in [2.45, 2.75) is 64.6 Å². The van der Waals surface area contributed by atoms with Gasteiger partial charge in [0.25, 0.3) is 5.92 Å². The van der Waals surface area contributed by atoms with E-state index in [9.17, 15) is 23.2 Å². The molecule has 0 saturated heterocycles. The number of carbonyl (C=O) groups is 3. The third-order valence-corrected chi connectivity index (χ3v) is 5.28. The van der Waals surface area contributed by atoms with Crippen LogP contribution in [0.15, 0.2) is 48.5 Å². The Bertz CT molecular complexity index is 1070. The lowest BCUT2D eigenvalue weighted by atomic mass is 10.1. The number of hydrogen-bond acceptors (Lipinski definition) is 4. The summed E-state index contributed by atoms with van der Waals surface area (Å²) in [7, 11) is 0. The van der Waals surface area contributed by atoms with Gasteiger partial charge in [-0.25, -0.2) is 13.6 Å². The molecule has 0 aliphatic carbocycles. The normalized spacial score (nSPS) is 16.4. The molecule has 7 nitrogen and oxygen atoms in total. The molecule has 34 heavy (non-hydrogen) atoms. The molecule has 3 amide bonds. The second-order valence-electron chi connectivity index (χ2n) is 9.38. The van der Waals surface area contributed by atoms with Crippen LogP contribution < -0.4 is 15.5 Å². The summed E-state index contributed by atoms with van der Waals surface area (Å²) in [6.07, 6.45) is -0.465. The average molecular weight is 474 g/mol. The molecule has 1 aliphatic heterocycles. The number of para-hydroxylation sites is 1. The van der Waals surface area contributed by atoms with E-state index in [0.717, 1.165) is 12.5 Å². The number of fused-ring (bicyclic) bond motifs is 1. The predicted octanol–water partition coefficient (Wildman–Crippen LogP) is 4.61. The van der Waals surface area contributed by atoms with Gasteiger partial charge in [0, 0.05) is 30.3 Å². The Kier molecular flexibility index (Phi) is 6.95. The van der Waals surface area contributed by atoms with Crippen molar-refractivity contribution in [1.29, 1.82) is 0 Å². The monoisotopic (exact) mass is 473 g/mol. The molecule has 2 atom stereocenters. The Balaban J connectivity index is 1.79. The number of ether oxygens (including phenoxy) is 1. The van der Waals surface area contributed by atoms with Crippen LogP contribution in [0.25, 0.3) is 0 Å². The van der Waals surface area contributed by atoms with Crippen LogP contribution in [0, 0.1) is 0 Å². The maximum absolute atomic E-state index is 13.5. The van der Waals surface area contributed by atoms with Gasteiger partial charge >= 0.3 is 6.09 Å². The van der Waals surface area contributed by atoms with Gasteiger partial charge in [0.05, 0.1) is 0 Å². The Hall–Kier alpha value is -3.49. The van der Waals surface area contributed by atoms with Crippen LogP contribution in [0.2, 0.25) is 0 Å². The highest BCUT2D eigenvalue weighted by Gasteiger charge is 2.40. The number of hydrogen-bond donors (Lipinski definition) is 2. The summed E-state index contributed by atoms with van der Waals surface area (Å²) >= 11 is 0. The zero-order valence-electron chi connectivity index (χ0n) is 19.8. The van der Waals surface area contributed by atoms with E-state index in [1.54, 1.807) is 32.9 Å². The van der Waals surface area contributed by atoms with Crippen LogP contribution in [0.5, 0.6) is 0 Å². The molecule has 2 aromatic rings. The second kappa shape index (κ2) is 9.40. The molecule has 1 aliphatic rings. The molecule has 0 radical (unpaired) electrons. The van der Waals surface area contributed by atoms with Gasteiger partial charge in [-0.05, 0) is 51.5 Å². The number of anilines is 2. The molecule has 0 fully saturated rings. The van der Waals surface area contributed by atoms with Gasteiger partial charge in [-0.15, -0.1) is 0 Å². The fraction of sp³-hybridized carbons (Fsp3) is 0.400. The van der Waals surface area contributed by atoms with Crippen molar-refractivity contribution in [1.82, 2.24) is 5.32 Å². The van der Waals surface area contributed by atoms with E-state index in [1.165, 1.54) is 36.1 Å². The molecular weight excluding hydrogens is 444 g/mol. The zero-order chi connectivity index (χ0) is 25.3. The SMILES string of the molecule is CC(NC(=O)OC(C)(C)C)C(=O)N1c2ccccc2CC1C(=O)Nc1ccc(C(C)(F)F)cc1. The number of halogens is 2. The van der Waals surface area contributed by atoms with Crippen LogP contribution in [0.1, 0.15) is 45.7 Å². The summed E-state index contributed by atoms with van der Waals surface area (Å²) in [6.45, 7) is 7.46. The molecule has 0 aromatic heterocycles. The van der Waals surface area contributed by atoms with Crippen molar-refractivity contribution < 1.29 is 27.9 Å². The first-order valence-electron chi connectivity index (χ1n) is 11.0. The fourth-order valence-electron chi connectivity index (χ4n) is 3.69. The Labute approximate surface area is 197 Å². The quantitative estimate of drug-likeness (QED) is 0.664. The highest BCUT2D eigenvalue weighted by molar-refractivity contribution is 6.09. The van der Waals surface area contributed by atoms with E-state index in [0.29, 0.717) is 11.4 Å². The van der Waals surface area contributed by atoms with Crippen molar-refractivity contribution in [2.75, 3.05) is 10.2 Å². The lowest BCUT2D eigenvalue weighted by Gasteiger charge is -2.28. The molecule has 0 bridgehead atoms. The molecule has 0 saturated carbocycles. The van der Waals surface area contributed by atoms with Crippen molar-refractivity contribution in [3.8, 4) is 0 Å². The molecule has 1 heterocycles. The number of alkyl carbamates (subject to hydrolysis) is 1. The second-order valence-corrected chi connectivity index (χ2v) is 9.38. The number of carbonyl (C=O) groups excluding carboxylic acids is 3. The van der Waals surface area contributed by atoms with E-state index in [2.05, 4.69) is 10.6 Å². The van der Waals surface area contributed by atoms with Crippen molar-refractivity contribution >= 4 is 29.3 Å². The molecular formula is C25H29F2N3O4. The van der Waals surface area contributed by atoms with Crippen LogP contribution in [0.4, 0.5) is 25.0 Å². The van der Waals surface area contributed by atoms with Crippen LogP contribution in [0.3, 0.4) is 0 Å². The van der Waals surface area contributed by atoms with Crippen LogP contribution in [-0.4, -0.2) is 35.6 Å². The van der Waals surface area contributed by atoms with Crippen molar-refractivity contribution in [3.05, 3.63) is 59.7 Å². The number of nitrogens with one attached hydrogen (secondary N) is 2. The maximum Gasteiger partial charge on any atom is 0.408 e. The molecule has 182 valence electrons. The van der Waals surface area contributed by atoms with E-state index in [1.807, 2.05) is 12.1 Å². The molecule has 2 N–H and O–H groups in total. The molecule has 2 aromatic carbocycles. The van der Waals surface area contributed by atoms with Gasteiger partial charge < -0.3 is 15.4 Å². The highest BCUT2D eigenvalue weighted by Crippen LogP contribution is 2.33. The maximum atomic E-state index is 13.5. The summed E-state index contributed by atoms with van der Waals surface area (Å²) in [5.41, 5.74) is 0.819. The first kappa shape index (κ1) is 25.1. The van der Waals surface area contributed by atoms with Gasteiger partial charge in [-0.1, -0.05) is 30.3 Å². The summed E-state index contributed by atoms with van der Waals surface area (Å²) in [6, 6.07) is 10.6. The van der Waals surface area contributed by atoms with E-state index in [4.69, 9.17) is 4.74 Å². The van der Waals surface area contributed by atoms with Crippen molar-refractivity contribution in [3.63, 3.8) is 0 Å². The standard InChI is InChI=1S/C25H29F2N3O4/c1-15(28-23(33)34-24(2,3)4)22(32)30-19-9-7-6-8-16(19)14-20(30)21(31)29-18-12-10-17(11-13-18)25(5,26)27/h6-13,15,20H,14H2,1-5H3,(H,28,33)(H,29,31). The predicted molar refractivity (Wildman–Crippen MR) is 125 cm³/mol. The zero-order valence-corrected chi connectivity index (χ0v) is 19.8. The van der Waals surface area contributed by atoms with Gasteiger partial charge in [-0.3, -0.25) is 14.5 Å². The summed E-state index contributed by atoms with van der Waals surface area (Å²) in [5, 5.41) is 5.22. The number of alkyl halides is 2. The Morgan fingerprint density at radius 3 is 2.24 bits per heavy atom. The third-order valence-electron chi connectivity index (χ3n) is 5.28. The smallest absolute Gasteiger partial charge is 0.408 e. The highest BCUT2D eigenvalue weighted by atomic mass is 19.3. The number of amides is 3. The van der Waals surface area contributed by atoms with Gasteiger partial charge in [-0.2, -0.15) is 0 Å². The lowest BCUT2D eigenvalue weighted by Crippen LogP contribution is -2.53. The van der Waals surface area contributed by atoms with Crippen LogP contribution in [-0.2, 0) is 26.7 Å². The topological polar surface area (TPSA) is 87.7 Å². The van der Waals surface area contributed by atoms with Gasteiger partial charge in [0.15, 0.2) is 0 Å². The first-order chi connectivity index (χ1) is 15.8. The van der Waals surface area contributed by atoms with Gasteiger partial charge in [0.2, 0.25) is 11.8 Å². The largest absolute Gasteiger partial charge is 0.444 e. The summed E-state index contributed by atoms with van der Waals surface area (Å²) < 4.78 is 32.2. The summed E-state index contributed by atoms with van der Waals surface area (Å²) in [5.74, 6) is -3.93. The number of nitrogens with zero attached hydrogens (tertiary/aromatic N) is 1. The Morgan fingerprint density at radius 2 is 1.65 bits per heavy atom. The minimum atomic E-state index is -2.99. The fourth-order valence-corrected chi connectivity index (χ4v) is 3.69. The summed E-state index contributed by atoms with van der Waals surface area (Å²) in [4.78, 5) is 40.0. The van der Waals surface area contributed by atoms with E-state index in [-0.39, 0.29) is 12.0 Å². The first-order valence-corrected chi connectivity index (χ1v) is 11.0. The third kappa shape index (κ3) is 5.89. The lowest BCUT2D eigenvalue weighted by molar-refractivity contribution is -0.124.